The Morgan fingerprint density at radius 2 is 1.69 bits per heavy atom. The number of nitrogens with two attached hydrogens (primary N) is 1. The van der Waals surface area contributed by atoms with Gasteiger partial charge < -0.3 is 24.8 Å². The van der Waals surface area contributed by atoms with Crippen LogP contribution >= 0.6 is 0 Å². The van der Waals surface area contributed by atoms with E-state index in [2.05, 4.69) is 14.9 Å². The number of anilines is 2. The summed E-state index contributed by atoms with van der Waals surface area (Å²) in [5, 5.41) is 0.354. The van der Waals surface area contributed by atoms with Gasteiger partial charge in [-0.05, 0) is 86.4 Å². The van der Waals surface area contributed by atoms with Gasteiger partial charge in [-0.3, -0.25) is 19.6 Å². The van der Waals surface area contributed by atoms with Crippen LogP contribution in [0.15, 0.2) is 54.7 Å². The monoisotopic (exact) mass is 813 g/mol. The molecule has 4 aliphatic heterocycles. The number of carbonyl (C=O) groups is 2. The maximum Gasteiger partial charge on any atom is 0.413 e. The molecular weight excluding hydrogens is 771 g/mol. The van der Waals surface area contributed by atoms with Crippen LogP contribution in [0.2, 0.25) is 0 Å². The Hall–Kier alpha value is -5.77. The summed E-state index contributed by atoms with van der Waals surface area (Å²) in [4.78, 5) is 45.1. The van der Waals surface area contributed by atoms with E-state index in [-0.39, 0.29) is 86.6 Å². The number of hydrogen-bond acceptors (Lipinski definition) is 11. The highest BCUT2D eigenvalue weighted by Crippen LogP contribution is 2.49. The van der Waals surface area contributed by atoms with Gasteiger partial charge in [-0.25, -0.2) is 22.4 Å². The molecule has 4 atom stereocenters. The Morgan fingerprint density at radius 3 is 2.44 bits per heavy atom. The van der Waals surface area contributed by atoms with Crippen LogP contribution in [-0.4, -0.2) is 87.5 Å². The summed E-state index contributed by atoms with van der Waals surface area (Å²) in [5.74, 6) is -3.97. The van der Waals surface area contributed by atoms with E-state index in [4.69, 9.17) is 24.9 Å². The number of pyridine rings is 1. The fourth-order valence-electron chi connectivity index (χ4n) is 9.61. The number of nitrogens with zero attached hydrogens (tertiary/aromatic N) is 6. The number of piperazine rings is 1. The summed E-state index contributed by atoms with van der Waals surface area (Å²) in [6.45, 7) is 4.54. The normalized spacial score (nSPS) is 22.7. The summed E-state index contributed by atoms with van der Waals surface area (Å²) in [6, 6.07) is 11.2. The van der Waals surface area contributed by atoms with Crippen molar-refractivity contribution in [3.63, 3.8) is 0 Å². The molecule has 2 N–H and O–H groups in total. The molecule has 6 heterocycles. The molecule has 0 spiro atoms. The highest BCUT2D eigenvalue weighted by atomic mass is 19.2. The van der Waals surface area contributed by atoms with Gasteiger partial charge in [0.1, 0.15) is 29.5 Å². The van der Waals surface area contributed by atoms with E-state index in [9.17, 15) is 18.4 Å². The number of nitrogen functional groups attached to an aromatic ring is 1. The van der Waals surface area contributed by atoms with E-state index in [1.165, 1.54) is 36.5 Å². The SMILES string of the molecule is CC(C)C(=O)OCOC(=O)N1C2CCC1CN(c1nc(OCC34CCCN3C(c3ccc(F)cc3)CC4)nc3c(F)c(-c4cc(N)cc5ccc(F)c(F)c45)ncc13)C2. The van der Waals surface area contributed by atoms with E-state index in [0.29, 0.717) is 31.7 Å². The minimum Gasteiger partial charge on any atom is -0.461 e. The molecule has 0 saturated carbocycles. The number of rotatable bonds is 9. The van der Waals surface area contributed by atoms with E-state index in [1.54, 1.807) is 18.7 Å². The van der Waals surface area contributed by atoms with Crippen molar-refractivity contribution in [1.29, 1.82) is 0 Å². The second-order valence-corrected chi connectivity index (χ2v) is 16.3. The molecular formula is C43H43F4N7O5. The Labute approximate surface area is 337 Å². The molecule has 59 heavy (non-hydrogen) atoms. The number of fused-ring (bicyclic) bond motifs is 5. The molecule has 1 amide bonds. The summed E-state index contributed by atoms with van der Waals surface area (Å²) in [5.41, 5.74) is 6.59. The lowest BCUT2D eigenvalue weighted by Crippen LogP contribution is -2.56. The van der Waals surface area contributed by atoms with Crippen molar-refractivity contribution >= 4 is 45.2 Å². The third-order valence-corrected chi connectivity index (χ3v) is 12.4. The largest absolute Gasteiger partial charge is 0.461 e. The first-order valence-electron chi connectivity index (χ1n) is 20.0. The minimum atomic E-state index is -1.16. The van der Waals surface area contributed by atoms with Crippen LogP contribution in [0.4, 0.5) is 33.9 Å². The van der Waals surface area contributed by atoms with E-state index >= 15 is 8.78 Å². The second kappa shape index (κ2) is 15.1. The lowest BCUT2D eigenvalue weighted by Gasteiger charge is -2.41. The molecule has 2 aromatic heterocycles. The lowest BCUT2D eigenvalue weighted by atomic mass is 9.95. The van der Waals surface area contributed by atoms with Gasteiger partial charge in [-0.2, -0.15) is 9.97 Å². The molecule has 4 fully saturated rings. The highest BCUT2D eigenvalue weighted by Gasteiger charge is 2.50. The first-order chi connectivity index (χ1) is 28.4. The van der Waals surface area contributed by atoms with Gasteiger partial charge in [-0.15, -0.1) is 0 Å². The first-order valence-corrected chi connectivity index (χ1v) is 20.0. The fourth-order valence-corrected chi connectivity index (χ4v) is 9.61. The molecule has 5 aromatic rings. The van der Waals surface area contributed by atoms with Crippen molar-refractivity contribution < 1.29 is 41.4 Å². The number of hydrogen-bond donors (Lipinski definition) is 1. The van der Waals surface area contributed by atoms with Crippen molar-refractivity contribution in [3.8, 4) is 17.3 Å². The summed E-state index contributed by atoms with van der Waals surface area (Å²) >= 11 is 0. The smallest absolute Gasteiger partial charge is 0.413 e. The molecule has 12 nitrogen and oxygen atoms in total. The van der Waals surface area contributed by atoms with Crippen LogP contribution in [0, 0.1) is 29.2 Å². The van der Waals surface area contributed by atoms with Crippen molar-refractivity contribution in [3.05, 3.63) is 83.6 Å². The molecule has 9 rings (SSSR count). The molecule has 4 saturated heterocycles. The Balaban J connectivity index is 1.07. The van der Waals surface area contributed by atoms with Gasteiger partial charge in [0.15, 0.2) is 17.5 Å². The summed E-state index contributed by atoms with van der Waals surface area (Å²) < 4.78 is 77.8. The van der Waals surface area contributed by atoms with Gasteiger partial charge in [0, 0.05) is 42.0 Å². The van der Waals surface area contributed by atoms with Crippen molar-refractivity contribution in [2.75, 3.05) is 43.7 Å². The summed E-state index contributed by atoms with van der Waals surface area (Å²) in [6.07, 6.45) is 5.62. The van der Waals surface area contributed by atoms with Gasteiger partial charge in [0.05, 0.1) is 28.9 Å². The minimum absolute atomic E-state index is 0.0402. The van der Waals surface area contributed by atoms with E-state index in [0.717, 1.165) is 43.9 Å². The third kappa shape index (κ3) is 6.90. The zero-order valence-electron chi connectivity index (χ0n) is 32.6. The number of carbonyl (C=O) groups excluding carboxylic acids is 2. The van der Waals surface area contributed by atoms with Crippen LogP contribution in [0.5, 0.6) is 6.01 Å². The van der Waals surface area contributed by atoms with Gasteiger partial charge in [-0.1, -0.05) is 32.0 Å². The number of esters is 1. The standard InChI is InChI=1S/C43H43F4N7O5/c1-23(2)40(55)58-22-59-42(56)54-28-9-10-29(54)20-52(19-28)39-31-18-49-37(30-17-27(48)16-25-6-11-32(45)35(46)34(25)30)36(47)38(31)50-41(51-39)57-21-43-13-3-15-53(43)33(12-14-43)24-4-7-26(44)8-5-24/h4-8,11,16-18,23,28-29,33H,3,9-10,12-15,19-22,48H2,1-2H3. The second-order valence-electron chi connectivity index (χ2n) is 16.3. The third-order valence-electron chi connectivity index (χ3n) is 12.4. The number of benzene rings is 3. The summed E-state index contributed by atoms with van der Waals surface area (Å²) in [7, 11) is 0. The van der Waals surface area contributed by atoms with Gasteiger partial charge >= 0.3 is 18.1 Å². The molecule has 4 aliphatic rings. The molecule has 308 valence electrons. The lowest BCUT2D eigenvalue weighted by molar-refractivity contribution is -0.156. The molecule has 0 aliphatic carbocycles. The predicted molar refractivity (Wildman–Crippen MR) is 210 cm³/mol. The average Bonchev–Trinajstić information content (AvgIpc) is 3.88. The molecule has 3 aromatic carbocycles. The predicted octanol–water partition coefficient (Wildman–Crippen LogP) is 7.68. The fraction of sp³-hybridized carbons (Fsp3) is 0.419. The Kier molecular flexibility index (Phi) is 9.92. The van der Waals surface area contributed by atoms with Gasteiger partial charge in [0.25, 0.3) is 0 Å². The Morgan fingerprint density at radius 1 is 0.932 bits per heavy atom. The zero-order chi connectivity index (χ0) is 41.2. The number of ether oxygens (including phenoxy) is 3. The highest BCUT2D eigenvalue weighted by molar-refractivity contribution is 6.01. The van der Waals surface area contributed by atoms with Crippen molar-refractivity contribution in [2.24, 2.45) is 5.92 Å². The maximum absolute atomic E-state index is 17.1. The van der Waals surface area contributed by atoms with Crippen molar-refractivity contribution in [2.45, 2.75) is 76.0 Å². The topological polar surface area (TPSA) is 136 Å². The number of aromatic nitrogens is 3. The zero-order valence-corrected chi connectivity index (χ0v) is 32.6. The average molecular weight is 814 g/mol. The molecule has 2 bridgehead atoms. The van der Waals surface area contributed by atoms with Crippen LogP contribution in [0.1, 0.15) is 64.0 Å². The van der Waals surface area contributed by atoms with Crippen LogP contribution in [-0.2, 0) is 14.3 Å². The first kappa shape index (κ1) is 38.7. The number of halogens is 4. The molecule has 0 radical (unpaired) electrons. The van der Waals surface area contributed by atoms with E-state index < -0.39 is 36.3 Å². The van der Waals surface area contributed by atoms with Crippen molar-refractivity contribution in [1.82, 2.24) is 24.8 Å². The van der Waals surface area contributed by atoms with Crippen LogP contribution < -0.4 is 15.4 Å². The van der Waals surface area contributed by atoms with Crippen LogP contribution in [0.3, 0.4) is 0 Å². The van der Waals surface area contributed by atoms with E-state index in [1.807, 2.05) is 17.0 Å². The maximum atomic E-state index is 17.1. The Bertz CT molecular complexity index is 2460. The number of amides is 1. The molecule has 16 heteroatoms. The molecule has 4 unspecified atom stereocenters. The van der Waals surface area contributed by atoms with Crippen LogP contribution in [0.25, 0.3) is 32.9 Å². The van der Waals surface area contributed by atoms with Gasteiger partial charge in [0.2, 0.25) is 6.79 Å². The quantitative estimate of drug-likeness (QED) is 0.0680.